The fraction of sp³-hybridized carbons (Fsp3) is 0.519. The van der Waals surface area contributed by atoms with Crippen molar-refractivity contribution in [2.45, 2.75) is 70.9 Å². The van der Waals surface area contributed by atoms with Crippen molar-refractivity contribution in [3.63, 3.8) is 0 Å². The number of likely N-dealkylation sites (tertiary alicyclic amines) is 1. The normalized spacial score (nSPS) is 17.8. The van der Waals surface area contributed by atoms with Gasteiger partial charge in [-0.25, -0.2) is 9.36 Å². The number of ether oxygens (including phenoxy) is 2. The maximum absolute atomic E-state index is 14.0. The van der Waals surface area contributed by atoms with E-state index in [2.05, 4.69) is 6.92 Å². The standard InChI is InChI=1S/C27H33N3O5S/c1-4-17-9-7-8-14-28(17)23(31)16-29-26-24(19-10-5-6-11-22(19)36-26)25(32)30(27(29)33)20-13-12-18(34-2)15-21(20)35-3/h12-13,15,17H,4-11,14,16H2,1-3H3/t17-/m1/s1. The topological polar surface area (TPSA) is 82.8 Å². The van der Waals surface area contributed by atoms with E-state index in [-0.39, 0.29) is 24.1 Å². The van der Waals surface area contributed by atoms with Crippen LogP contribution in [0.4, 0.5) is 0 Å². The van der Waals surface area contributed by atoms with Crippen LogP contribution in [0.1, 0.15) is 55.9 Å². The van der Waals surface area contributed by atoms with Crippen LogP contribution in [-0.4, -0.2) is 46.7 Å². The maximum Gasteiger partial charge on any atom is 0.337 e. The number of thiophene rings is 1. The Morgan fingerprint density at radius 1 is 1.08 bits per heavy atom. The number of hydrogen-bond acceptors (Lipinski definition) is 6. The molecule has 8 nitrogen and oxygen atoms in total. The molecule has 0 bridgehead atoms. The number of nitrogens with zero attached hydrogens (tertiary/aromatic N) is 3. The lowest BCUT2D eigenvalue weighted by Crippen LogP contribution is -2.47. The second-order valence-corrected chi connectivity index (χ2v) is 10.7. The minimum atomic E-state index is -0.520. The van der Waals surface area contributed by atoms with Gasteiger partial charge < -0.3 is 14.4 Å². The zero-order valence-electron chi connectivity index (χ0n) is 21.2. The number of fused-ring (bicyclic) bond motifs is 3. The Labute approximate surface area is 214 Å². The Bertz CT molecular complexity index is 1420. The number of aromatic nitrogens is 2. The first-order valence-electron chi connectivity index (χ1n) is 12.8. The summed E-state index contributed by atoms with van der Waals surface area (Å²) < 4.78 is 13.5. The second-order valence-electron chi connectivity index (χ2n) is 9.58. The summed E-state index contributed by atoms with van der Waals surface area (Å²) >= 11 is 1.50. The number of benzene rings is 1. The zero-order chi connectivity index (χ0) is 25.4. The molecule has 3 aromatic rings. The third kappa shape index (κ3) is 4.13. The fourth-order valence-corrected chi connectivity index (χ4v) is 7.04. The molecule has 0 N–H and O–H groups in total. The summed E-state index contributed by atoms with van der Waals surface area (Å²) in [5.74, 6) is 0.851. The van der Waals surface area contributed by atoms with Gasteiger partial charge in [-0.3, -0.25) is 14.2 Å². The Hall–Kier alpha value is -3.07. The monoisotopic (exact) mass is 511 g/mol. The highest BCUT2D eigenvalue weighted by Crippen LogP contribution is 2.35. The quantitative estimate of drug-likeness (QED) is 0.501. The van der Waals surface area contributed by atoms with Gasteiger partial charge in [0.2, 0.25) is 5.91 Å². The molecule has 36 heavy (non-hydrogen) atoms. The molecule has 3 heterocycles. The Morgan fingerprint density at radius 3 is 2.64 bits per heavy atom. The lowest BCUT2D eigenvalue weighted by atomic mass is 9.97. The minimum Gasteiger partial charge on any atom is -0.497 e. The van der Waals surface area contributed by atoms with Gasteiger partial charge >= 0.3 is 5.69 Å². The first kappa shape index (κ1) is 24.6. The van der Waals surface area contributed by atoms with Crippen LogP contribution in [0, 0.1) is 0 Å². The van der Waals surface area contributed by atoms with Crippen LogP contribution in [0.5, 0.6) is 11.5 Å². The molecule has 1 aliphatic carbocycles. The average Bonchev–Trinajstić information content (AvgIpc) is 3.30. The highest BCUT2D eigenvalue weighted by molar-refractivity contribution is 7.18. The molecular formula is C27H33N3O5S. The number of amides is 1. The van der Waals surface area contributed by atoms with Gasteiger partial charge in [0.15, 0.2) is 0 Å². The van der Waals surface area contributed by atoms with E-state index in [0.717, 1.165) is 61.8 Å². The van der Waals surface area contributed by atoms with Gasteiger partial charge in [-0.1, -0.05) is 6.92 Å². The summed E-state index contributed by atoms with van der Waals surface area (Å²) in [7, 11) is 3.05. The molecule has 0 saturated carbocycles. The van der Waals surface area contributed by atoms with Gasteiger partial charge in [-0.2, -0.15) is 0 Å². The van der Waals surface area contributed by atoms with E-state index in [0.29, 0.717) is 33.9 Å². The van der Waals surface area contributed by atoms with Crippen LogP contribution >= 0.6 is 11.3 Å². The van der Waals surface area contributed by atoms with Crippen LogP contribution in [0.3, 0.4) is 0 Å². The number of methoxy groups -OCH3 is 2. The third-order valence-electron chi connectivity index (χ3n) is 7.58. The summed E-state index contributed by atoms with van der Waals surface area (Å²) in [5.41, 5.74) is 0.494. The van der Waals surface area contributed by atoms with Gasteiger partial charge in [0, 0.05) is 23.5 Å². The fourth-order valence-electron chi connectivity index (χ4n) is 5.67. The minimum absolute atomic E-state index is 0.0665. The molecule has 2 aliphatic rings. The van der Waals surface area contributed by atoms with E-state index < -0.39 is 5.69 Å². The molecule has 1 amide bonds. The highest BCUT2D eigenvalue weighted by atomic mass is 32.1. The van der Waals surface area contributed by atoms with E-state index in [1.165, 1.54) is 27.6 Å². The van der Waals surface area contributed by atoms with Gasteiger partial charge in [0.05, 0.1) is 25.3 Å². The zero-order valence-corrected chi connectivity index (χ0v) is 22.0. The number of carbonyl (C=O) groups is 1. The summed E-state index contributed by atoms with van der Waals surface area (Å²) in [6.07, 6.45) is 7.75. The predicted octanol–water partition coefficient (Wildman–Crippen LogP) is 3.90. The van der Waals surface area contributed by atoms with Gasteiger partial charge in [-0.05, 0) is 69.1 Å². The smallest absolute Gasteiger partial charge is 0.337 e. The SMILES string of the molecule is CC[C@@H]1CCCCN1C(=O)Cn1c(=O)n(-c2ccc(OC)cc2OC)c(=O)c2c3c(sc21)CCCC3. The Balaban J connectivity index is 1.72. The van der Waals surface area contributed by atoms with Crippen molar-refractivity contribution >= 4 is 27.5 Å². The van der Waals surface area contributed by atoms with Gasteiger partial charge in [0.25, 0.3) is 5.56 Å². The van der Waals surface area contributed by atoms with Crippen LogP contribution in [0.15, 0.2) is 27.8 Å². The summed E-state index contributed by atoms with van der Waals surface area (Å²) in [5, 5.41) is 0.561. The average molecular weight is 512 g/mol. The van der Waals surface area contributed by atoms with Crippen molar-refractivity contribution in [3.05, 3.63) is 49.5 Å². The summed E-state index contributed by atoms with van der Waals surface area (Å²) in [6, 6.07) is 5.21. The summed E-state index contributed by atoms with van der Waals surface area (Å²) in [4.78, 5) is 45.1. The van der Waals surface area contributed by atoms with Crippen molar-refractivity contribution in [3.8, 4) is 17.2 Å². The van der Waals surface area contributed by atoms with Crippen molar-refractivity contribution < 1.29 is 14.3 Å². The number of rotatable bonds is 6. The first-order chi connectivity index (χ1) is 17.5. The molecule has 0 radical (unpaired) electrons. The molecule has 0 unspecified atom stereocenters. The molecule has 1 atom stereocenters. The molecule has 2 aromatic heterocycles. The Morgan fingerprint density at radius 2 is 1.89 bits per heavy atom. The molecular weight excluding hydrogens is 478 g/mol. The van der Waals surface area contributed by atoms with Crippen molar-refractivity contribution in [2.24, 2.45) is 0 Å². The highest BCUT2D eigenvalue weighted by Gasteiger charge is 2.29. The molecule has 1 aromatic carbocycles. The lowest BCUT2D eigenvalue weighted by Gasteiger charge is -2.35. The molecule has 1 saturated heterocycles. The van der Waals surface area contributed by atoms with Gasteiger partial charge in [-0.15, -0.1) is 11.3 Å². The van der Waals surface area contributed by atoms with Crippen molar-refractivity contribution in [1.82, 2.24) is 14.0 Å². The molecule has 0 spiro atoms. The van der Waals surface area contributed by atoms with Crippen LogP contribution in [-0.2, 0) is 24.2 Å². The van der Waals surface area contributed by atoms with Crippen LogP contribution in [0.2, 0.25) is 0 Å². The van der Waals surface area contributed by atoms with E-state index in [1.807, 2.05) is 4.90 Å². The number of carbonyl (C=O) groups excluding carboxylic acids is 1. The number of aryl methyl sites for hydroxylation is 2. The lowest BCUT2D eigenvalue weighted by molar-refractivity contribution is -0.135. The van der Waals surface area contributed by atoms with E-state index >= 15 is 0 Å². The maximum atomic E-state index is 14.0. The Kier molecular flexibility index (Phi) is 6.92. The number of hydrogen-bond donors (Lipinski definition) is 0. The van der Waals surface area contributed by atoms with E-state index in [4.69, 9.17) is 9.47 Å². The molecule has 192 valence electrons. The number of piperidine rings is 1. The van der Waals surface area contributed by atoms with Crippen LogP contribution < -0.4 is 20.7 Å². The summed E-state index contributed by atoms with van der Waals surface area (Å²) in [6.45, 7) is 2.73. The molecule has 9 heteroatoms. The second kappa shape index (κ2) is 10.1. The predicted molar refractivity (Wildman–Crippen MR) is 141 cm³/mol. The van der Waals surface area contributed by atoms with E-state index in [9.17, 15) is 14.4 Å². The van der Waals surface area contributed by atoms with Crippen LogP contribution in [0.25, 0.3) is 15.9 Å². The van der Waals surface area contributed by atoms with E-state index in [1.54, 1.807) is 25.3 Å². The third-order valence-corrected chi connectivity index (χ3v) is 8.89. The molecule has 1 aliphatic heterocycles. The molecule has 1 fully saturated rings. The van der Waals surface area contributed by atoms with Crippen molar-refractivity contribution in [2.75, 3.05) is 20.8 Å². The van der Waals surface area contributed by atoms with Crippen molar-refractivity contribution in [1.29, 1.82) is 0 Å². The largest absolute Gasteiger partial charge is 0.497 e. The van der Waals surface area contributed by atoms with Gasteiger partial charge in [0.1, 0.15) is 22.9 Å². The molecule has 5 rings (SSSR count). The first-order valence-corrected chi connectivity index (χ1v) is 13.6.